The number of aromatic nitrogens is 4. The van der Waals surface area contributed by atoms with Crippen molar-refractivity contribution in [3.63, 3.8) is 0 Å². The molecule has 4 aromatic rings. The predicted molar refractivity (Wildman–Crippen MR) is 109 cm³/mol. The normalized spacial score (nSPS) is 10.7. The molecule has 1 amide bonds. The zero-order valence-corrected chi connectivity index (χ0v) is 16.6. The van der Waals surface area contributed by atoms with Crippen LogP contribution in [-0.4, -0.2) is 25.9 Å². The fraction of sp³-hybridized carbons (Fsp3) is 0.0500. The zero-order chi connectivity index (χ0) is 20.2. The van der Waals surface area contributed by atoms with Crippen molar-refractivity contribution < 1.29 is 13.9 Å². The number of nitrogens with zero attached hydrogens (tertiary/aromatic N) is 3. The van der Waals surface area contributed by atoms with Gasteiger partial charge in [0.1, 0.15) is 17.3 Å². The number of rotatable bonds is 6. The molecule has 0 unspecified atom stereocenters. The van der Waals surface area contributed by atoms with Crippen molar-refractivity contribution in [2.45, 2.75) is 6.73 Å². The van der Waals surface area contributed by atoms with Crippen molar-refractivity contribution >= 4 is 27.5 Å². The molecule has 9 heteroatoms. The largest absolute Gasteiger partial charge is 0.471 e. The number of hydrogen-bond donors (Lipinski definition) is 2. The summed E-state index contributed by atoms with van der Waals surface area (Å²) in [5.74, 6) is 0.0164. The van der Waals surface area contributed by atoms with E-state index in [2.05, 4.69) is 36.5 Å². The third-order valence-electron chi connectivity index (χ3n) is 4.03. The SMILES string of the molecule is O=C(Nc1cnn(COc2ccc(Br)cc2)c1)c1cc(-c2ccc(F)cc2)n[nH]1. The highest BCUT2D eigenvalue weighted by Crippen LogP contribution is 2.19. The fourth-order valence-electron chi connectivity index (χ4n) is 2.58. The van der Waals surface area contributed by atoms with E-state index in [1.165, 1.54) is 18.3 Å². The van der Waals surface area contributed by atoms with Crippen LogP contribution in [0.25, 0.3) is 11.3 Å². The van der Waals surface area contributed by atoms with Gasteiger partial charge in [0.25, 0.3) is 5.91 Å². The molecule has 146 valence electrons. The predicted octanol–water partition coefficient (Wildman–Crippen LogP) is 4.46. The summed E-state index contributed by atoms with van der Waals surface area (Å²) < 4.78 is 21.2. The Morgan fingerprint density at radius 2 is 1.93 bits per heavy atom. The van der Waals surface area contributed by atoms with E-state index in [4.69, 9.17) is 4.74 Å². The lowest BCUT2D eigenvalue weighted by molar-refractivity contribution is 0.102. The highest BCUT2D eigenvalue weighted by molar-refractivity contribution is 9.10. The Hall–Kier alpha value is -3.46. The maximum atomic E-state index is 13.0. The van der Waals surface area contributed by atoms with Crippen LogP contribution in [0.3, 0.4) is 0 Å². The Morgan fingerprint density at radius 3 is 2.69 bits per heavy atom. The Kier molecular flexibility index (Phi) is 5.39. The van der Waals surface area contributed by atoms with Crippen molar-refractivity contribution in [1.82, 2.24) is 20.0 Å². The standard InChI is InChI=1S/C20H15BrFN5O2/c21-14-3-7-17(8-4-14)29-12-27-11-16(10-23-27)24-20(28)19-9-18(25-26-19)13-1-5-15(22)6-2-13/h1-11H,12H2,(H,24,28)(H,25,26). The Morgan fingerprint density at radius 1 is 1.17 bits per heavy atom. The molecule has 2 N–H and O–H groups in total. The summed E-state index contributed by atoms with van der Waals surface area (Å²) in [6, 6.07) is 14.9. The molecule has 2 aromatic heterocycles. The highest BCUT2D eigenvalue weighted by Gasteiger charge is 2.12. The first-order valence-electron chi connectivity index (χ1n) is 8.60. The maximum absolute atomic E-state index is 13.0. The number of hydrogen-bond acceptors (Lipinski definition) is 4. The van der Waals surface area contributed by atoms with Gasteiger partial charge in [-0.1, -0.05) is 15.9 Å². The van der Waals surface area contributed by atoms with Crippen LogP contribution in [-0.2, 0) is 6.73 Å². The van der Waals surface area contributed by atoms with Crippen LogP contribution in [0.5, 0.6) is 5.75 Å². The Bertz CT molecular complexity index is 1120. The first kappa shape index (κ1) is 18.9. The van der Waals surface area contributed by atoms with Crippen LogP contribution < -0.4 is 10.1 Å². The van der Waals surface area contributed by atoms with E-state index in [-0.39, 0.29) is 24.1 Å². The number of H-pyrrole nitrogens is 1. The fourth-order valence-corrected chi connectivity index (χ4v) is 2.84. The third-order valence-corrected chi connectivity index (χ3v) is 4.56. The van der Waals surface area contributed by atoms with E-state index in [9.17, 15) is 9.18 Å². The minimum atomic E-state index is -0.362. The van der Waals surface area contributed by atoms with Gasteiger partial charge in [-0.3, -0.25) is 9.89 Å². The molecule has 0 radical (unpaired) electrons. The van der Waals surface area contributed by atoms with Gasteiger partial charge in [-0.2, -0.15) is 10.2 Å². The number of aromatic amines is 1. The first-order chi connectivity index (χ1) is 14.1. The minimum Gasteiger partial charge on any atom is -0.471 e. The van der Waals surface area contributed by atoms with Gasteiger partial charge < -0.3 is 10.1 Å². The van der Waals surface area contributed by atoms with Gasteiger partial charge in [0.05, 0.1) is 23.8 Å². The average Bonchev–Trinajstić information content (AvgIpc) is 3.38. The number of amides is 1. The van der Waals surface area contributed by atoms with Crippen molar-refractivity contribution in [2.24, 2.45) is 0 Å². The van der Waals surface area contributed by atoms with Crippen LogP contribution in [0.15, 0.2) is 71.5 Å². The molecule has 0 bridgehead atoms. The van der Waals surface area contributed by atoms with Crippen LogP contribution in [0, 0.1) is 5.82 Å². The van der Waals surface area contributed by atoms with Crippen molar-refractivity contribution in [3.05, 3.63) is 83.0 Å². The molecule has 29 heavy (non-hydrogen) atoms. The lowest BCUT2D eigenvalue weighted by Crippen LogP contribution is -2.12. The third kappa shape index (κ3) is 4.69. The monoisotopic (exact) mass is 455 g/mol. The molecule has 7 nitrogen and oxygen atoms in total. The number of anilines is 1. The summed E-state index contributed by atoms with van der Waals surface area (Å²) in [6.45, 7) is 0.205. The summed E-state index contributed by atoms with van der Waals surface area (Å²) in [4.78, 5) is 12.4. The van der Waals surface area contributed by atoms with E-state index < -0.39 is 0 Å². The molecule has 0 fully saturated rings. The molecule has 0 aliphatic rings. The topological polar surface area (TPSA) is 84.8 Å². The summed E-state index contributed by atoms with van der Waals surface area (Å²) in [7, 11) is 0. The molecular formula is C20H15BrFN5O2. The molecule has 2 aromatic carbocycles. The number of halogens is 2. The average molecular weight is 456 g/mol. The van der Waals surface area contributed by atoms with Gasteiger partial charge >= 0.3 is 0 Å². The summed E-state index contributed by atoms with van der Waals surface area (Å²) in [5, 5.41) is 13.7. The molecule has 0 saturated carbocycles. The molecule has 0 atom stereocenters. The Balaban J connectivity index is 1.36. The number of benzene rings is 2. The van der Waals surface area contributed by atoms with Crippen molar-refractivity contribution in [1.29, 1.82) is 0 Å². The minimum absolute atomic E-state index is 0.205. The molecule has 2 heterocycles. The van der Waals surface area contributed by atoms with E-state index in [0.717, 1.165) is 4.47 Å². The van der Waals surface area contributed by atoms with E-state index in [0.29, 0.717) is 22.7 Å². The number of nitrogens with one attached hydrogen (secondary N) is 2. The lowest BCUT2D eigenvalue weighted by atomic mass is 10.1. The van der Waals surface area contributed by atoms with Gasteiger partial charge in [0, 0.05) is 10.0 Å². The second-order valence-electron chi connectivity index (χ2n) is 6.12. The van der Waals surface area contributed by atoms with Gasteiger partial charge in [-0.25, -0.2) is 9.07 Å². The highest BCUT2D eigenvalue weighted by atomic mass is 79.9. The first-order valence-corrected chi connectivity index (χ1v) is 9.40. The van der Waals surface area contributed by atoms with Gasteiger partial charge in [0.2, 0.25) is 0 Å². The van der Waals surface area contributed by atoms with E-state index in [1.807, 2.05) is 24.3 Å². The lowest BCUT2D eigenvalue weighted by Gasteiger charge is -2.05. The van der Waals surface area contributed by atoms with Crippen LogP contribution in [0.1, 0.15) is 10.5 Å². The van der Waals surface area contributed by atoms with Crippen molar-refractivity contribution in [3.8, 4) is 17.0 Å². The second-order valence-corrected chi connectivity index (χ2v) is 7.04. The maximum Gasteiger partial charge on any atom is 0.273 e. The van der Waals surface area contributed by atoms with Crippen LogP contribution in [0.2, 0.25) is 0 Å². The summed E-state index contributed by atoms with van der Waals surface area (Å²) >= 11 is 3.37. The molecule has 0 aliphatic heterocycles. The molecular weight excluding hydrogens is 441 g/mol. The molecule has 4 rings (SSSR count). The smallest absolute Gasteiger partial charge is 0.273 e. The van der Waals surface area contributed by atoms with Crippen LogP contribution in [0.4, 0.5) is 10.1 Å². The number of ether oxygens (including phenoxy) is 1. The molecule has 0 aliphatic carbocycles. The quantitative estimate of drug-likeness (QED) is 0.449. The van der Waals surface area contributed by atoms with Gasteiger partial charge in [-0.05, 0) is 54.6 Å². The van der Waals surface area contributed by atoms with E-state index >= 15 is 0 Å². The summed E-state index contributed by atoms with van der Waals surface area (Å²) in [5.41, 5.74) is 2.06. The molecule has 0 spiro atoms. The van der Waals surface area contributed by atoms with Gasteiger partial charge in [0.15, 0.2) is 6.73 Å². The van der Waals surface area contributed by atoms with Crippen molar-refractivity contribution in [2.75, 3.05) is 5.32 Å². The molecule has 0 saturated heterocycles. The summed E-state index contributed by atoms with van der Waals surface area (Å²) in [6.07, 6.45) is 3.19. The Labute approximate surface area is 173 Å². The number of carbonyl (C=O) groups is 1. The second kappa shape index (κ2) is 8.27. The zero-order valence-electron chi connectivity index (χ0n) is 15.0. The van der Waals surface area contributed by atoms with Crippen LogP contribution >= 0.6 is 15.9 Å². The van der Waals surface area contributed by atoms with Gasteiger partial charge in [-0.15, -0.1) is 0 Å². The van der Waals surface area contributed by atoms with E-state index in [1.54, 1.807) is 29.1 Å². The number of carbonyl (C=O) groups excluding carboxylic acids is 1.